The molecule has 0 aliphatic carbocycles. The van der Waals surface area contributed by atoms with Crippen LogP contribution in [0.4, 0.5) is 5.69 Å². The molecule has 0 saturated carbocycles. The lowest BCUT2D eigenvalue weighted by Gasteiger charge is -2.01. The van der Waals surface area contributed by atoms with E-state index in [4.69, 9.17) is 0 Å². The summed E-state index contributed by atoms with van der Waals surface area (Å²) >= 11 is 3.32. The molecular weight excluding hydrogens is 320 g/mol. The molecule has 2 aromatic carbocycles. The number of halogens is 1. The highest BCUT2D eigenvalue weighted by Crippen LogP contribution is 2.25. The third-order valence-corrected chi connectivity index (χ3v) is 3.24. The SMILES string of the molecule is N#CC(=Cc1ccccc1[N+](=O)[O-])c1ccc(Br)cc1. The van der Waals surface area contributed by atoms with Gasteiger partial charge in [0.1, 0.15) is 0 Å². The average Bonchev–Trinajstić information content (AvgIpc) is 2.46. The van der Waals surface area contributed by atoms with Crippen LogP contribution in [0.1, 0.15) is 11.1 Å². The Morgan fingerprint density at radius 2 is 1.85 bits per heavy atom. The van der Waals surface area contributed by atoms with Gasteiger partial charge in [0.25, 0.3) is 5.69 Å². The molecule has 0 bridgehead atoms. The van der Waals surface area contributed by atoms with Crippen molar-refractivity contribution in [2.45, 2.75) is 0 Å². The van der Waals surface area contributed by atoms with E-state index in [1.807, 2.05) is 12.1 Å². The number of nitriles is 1. The zero-order valence-electron chi connectivity index (χ0n) is 10.3. The van der Waals surface area contributed by atoms with Gasteiger partial charge in [0, 0.05) is 10.5 Å². The van der Waals surface area contributed by atoms with Gasteiger partial charge in [-0.25, -0.2) is 0 Å². The van der Waals surface area contributed by atoms with E-state index in [1.165, 1.54) is 12.1 Å². The maximum absolute atomic E-state index is 11.0. The highest BCUT2D eigenvalue weighted by atomic mass is 79.9. The largest absolute Gasteiger partial charge is 0.276 e. The van der Waals surface area contributed by atoms with Crippen LogP contribution in [0, 0.1) is 21.4 Å². The van der Waals surface area contributed by atoms with Crippen LogP contribution in [-0.2, 0) is 0 Å². The van der Waals surface area contributed by atoms with Gasteiger partial charge in [-0.05, 0) is 29.8 Å². The van der Waals surface area contributed by atoms with E-state index in [0.717, 1.165) is 4.47 Å². The summed E-state index contributed by atoms with van der Waals surface area (Å²) < 4.78 is 0.907. The number of para-hydroxylation sites is 1. The van der Waals surface area contributed by atoms with Crippen molar-refractivity contribution >= 4 is 33.3 Å². The first-order chi connectivity index (χ1) is 9.61. The van der Waals surface area contributed by atoms with Crippen LogP contribution in [0.15, 0.2) is 53.0 Å². The second-order valence-corrected chi connectivity index (χ2v) is 4.91. The molecule has 0 atom stereocenters. The van der Waals surface area contributed by atoms with Crippen molar-refractivity contribution < 1.29 is 4.92 Å². The highest BCUT2D eigenvalue weighted by molar-refractivity contribution is 9.10. The van der Waals surface area contributed by atoms with Crippen LogP contribution in [0.2, 0.25) is 0 Å². The van der Waals surface area contributed by atoms with Crippen LogP contribution in [0.5, 0.6) is 0 Å². The minimum Gasteiger partial charge on any atom is -0.258 e. The highest BCUT2D eigenvalue weighted by Gasteiger charge is 2.11. The van der Waals surface area contributed by atoms with Crippen molar-refractivity contribution in [1.29, 1.82) is 5.26 Å². The molecule has 4 nitrogen and oxygen atoms in total. The molecule has 2 aromatic rings. The Labute approximate surface area is 124 Å². The van der Waals surface area contributed by atoms with E-state index in [0.29, 0.717) is 16.7 Å². The summed E-state index contributed by atoms with van der Waals surface area (Å²) in [5, 5.41) is 20.2. The molecule has 0 aliphatic rings. The maximum Gasteiger partial charge on any atom is 0.276 e. The van der Waals surface area contributed by atoms with E-state index in [-0.39, 0.29) is 5.69 Å². The van der Waals surface area contributed by atoms with Crippen molar-refractivity contribution in [3.8, 4) is 6.07 Å². The molecule has 0 fully saturated rings. The average molecular weight is 329 g/mol. The standard InChI is InChI=1S/C15H9BrN2O2/c16-14-7-5-11(6-8-14)13(10-17)9-12-3-1-2-4-15(12)18(19)20/h1-9H. The maximum atomic E-state index is 11.0. The van der Waals surface area contributed by atoms with Crippen LogP contribution < -0.4 is 0 Å². The molecule has 0 radical (unpaired) electrons. The van der Waals surface area contributed by atoms with Crippen LogP contribution in [-0.4, -0.2) is 4.92 Å². The molecule has 0 unspecified atom stereocenters. The topological polar surface area (TPSA) is 66.9 Å². The zero-order valence-corrected chi connectivity index (χ0v) is 11.9. The fourth-order valence-corrected chi connectivity index (χ4v) is 2.01. The molecule has 0 spiro atoms. The number of hydrogen-bond donors (Lipinski definition) is 0. The normalized spacial score (nSPS) is 10.9. The second-order valence-electron chi connectivity index (χ2n) is 3.99. The molecule has 0 heterocycles. The molecule has 0 N–H and O–H groups in total. The first-order valence-corrected chi connectivity index (χ1v) is 6.52. The summed E-state index contributed by atoms with van der Waals surface area (Å²) in [4.78, 5) is 10.5. The van der Waals surface area contributed by atoms with Gasteiger partial charge >= 0.3 is 0 Å². The number of nitro groups is 1. The van der Waals surface area contributed by atoms with Gasteiger partial charge in [0.05, 0.1) is 22.1 Å². The predicted octanol–water partition coefficient (Wildman–Crippen LogP) is 4.42. The monoisotopic (exact) mass is 328 g/mol. The molecule has 0 saturated heterocycles. The van der Waals surface area contributed by atoms with Crippen molar-refractivity contribution in [2.24, 2.45) is 0 Å². The molecule has 0 aromatic heterocycles. The van der Waals surface area contributed by atoms with E-state index in [2.05, 4.69) is 22.0 Å². The fourth-order valence-electron chi connectivity index (χ4n) is 1.74. The van der Waals surface area contributed by atoms with Gasteiger partial charge in [-0.1, -0.05) is 40.2 Å². The summed E-state index contributed by atoms with van der Waals surface area (Å²) in [5.74, 6) is 0. The lowest BCUT2D eigenvalue weighted by Crippen LogP contribution is -1.91. The van der Waals surface area contributed by atoms with Crippen molar-refractivity contribution in [2.75, 3.05) is 0 Å². The van der Waals surface area contributed by atoms with Gasteiger partial charge < -0.3 is 0 Å². The number of nitrogens with zero attached hydrogens (tertiary/aromatic N) is 2. The van der Waals surface area contributed by atoms with Gasteiger partial charge in [0.2, 0.25) is 0 Å². The number of hydrogen-bond acceptors (Lipinski definition) is 3. The summed E-state index contributed by atoms with van der Waals surface area (Å²) in [6, 6.07) is 15.6. The number of nitro benzene ring substituents is 1. The van der Waals surface area contributed by atoms with E-state index >= 15 is 0 Å². The lowest BCUT2D eigenvalue weighted by atomic mass is 10.0. The fraction of sp³-hybridized carbons (Fsp3) is 0. The van der Waals surface area contributed by atoms with E-state index in [1.54, 1.807) is 30.3 Å². The molecule has 0 aliphatic heterocycles. The Balaban J connectivity index is 2.50. The van der Waals surface area contributed by atoms with E-state index in [9.17, 15) is 15.4 Å². The third-order valence-electron chi connectivity index (χ3n) is 2.71. The van der Waals surface area contributed by atoms with E-state index < -0.39 is 4.92 Å². The molecule has 20 heavy (non-hydrogen) atoms. The minimum atomic E-state index is -0.456. The Bertz CT molecular complexity index is 715. The lowest BCUT2D eigenvalue weighted by molar-refractivity contribution is -0.385. The Morgan fingerprint density at radius 3 is 2.45 bits per heavy atom. The quantitative estimate of drug-likeness (QED) is 0.362. The molecule has 2 rings (SSSR count). The van der Waals surface area contributed by atoms with Gasteiger partial charge in [-0.2, -0.15) is 5.26 Å². The summed E-state index contributed by atoms with van der Waals surface area (Å²) in [7, 11) is 0. The Morgan fingerprint density at radius 1 is 1.20 bits per heavy atom. The number of allylic oxidation sites excluding steroid dienone is 1. The molecule has 98 valence electrons. The number of benzene rings is 2. The number of rotatable bonds is 3. The van der Waals surface area contributed by atoms with Crippen molar-refractivity contribution in [1.82, 2.24) is 0 Å². The smallest absolute Gasteiger partial charge is 0.258 e. The van der Waals surface area contributed by atoms with Gasteiger partial charge in [-0.15, -0.1) is 0 Å². The van der Waals surface area contributed by atoms with Crippen molar-refractivity contribution in [3.05, 3.63) is 74.2 Å². The second kappa shape index (κ2) is 6.13. The molecule has 0 amide bonds. The predicted molar refractivity (Wildman–Crippen MR) is 80.7 cm³/mol. The molecular formula is C15H9BrN2O2. The van der Waals surface area contributed by atoms with Crippen LogP contribution in [0.25, 0.3) is 11.6 Å². The van der Waals surface area contributed by atoms with Crippen LogP contribution in [0.3, 0.4) is 0 Å². The van der Waals surface area contributed by atoms with Crippen LogP contribution >= 0.6 is 15.9 Å². The molecule has 5 heteroatoms. The summed E-state index contributed by atoms with van der Waals surface area (Å²) in [5.41, 5.74) is 1.50. The zero-order chi connectivity index (χ0) is 14.5. The van der Waals surface area contributed by atoms with Gasteiger partial charge in [-0.3, -0.25) is 10.1 Å². The minimum absolute atomic E-state index is 0.0163. The summed E-state index contributed by atoms with van der Waals surface area (Å²) in [6.07, 6.45) is 1.53. The Hall–Kier alpha value is -2.45. The Kier molecular flexibility index (Phi) is 4.28. The van der Waals surface area contributed by atoms with Crippen molar-refractivity contribution in [3.63, 3.8) is 0 Å². The summed E-state index contributed by atoms with van der Waals surface area (Å²) in [6.45, 7) is 0. The first kappa shape index (κ1) is 14.0. The third kappa shape index (κ3) is 3.11. The van der Waals surface area contributed by atoms with Gasteiger partial charge in [0.15, 0.2) is 0 Å². The first-order valence-electron chi connectivity index (χ1n) is 5.73.